The number of halogens is 3. The van der Waals surface area contributed by atoms with Crippen molar-refractivity contribution < 1.29 is 17.9 Å². The van der Waals surface area contributed by atoms with Crippen LogP contribution in [0.4, 0.5) is 24.9 Å². The molecule has 0 aromatic carbocycles. The Labute approximate surface area is 108 Å². The topological polar surface area (TPSA) is 50.3 Å². The van der Waals surface area contributed by atoms with Crippen molar-refractivity contribution in [2.45, 2.75) is 19.2 Å². The molecule has 19 heavy (non-hydrogen) atoms. The zero-order chi connectivity index (χ0) is 14.0. The molecule has 1 aliphatic rings. The van der Waals surface area contributed by atoms with Gasteiger partial charge in [0.05, 0.1) is 13.2 Å². The lowest BCUT2D eigenvalue weighted by atomic mass is 10.2. The molecule has 0 unspecified atom stereocenters. The normalized spacial score (nSPS) is 20.5. The largest absolute Gasteiger partial charge is 0.416 e. The summed E-state index contributed by atoms with van der Waals surface area (Å²) in [5.74, 6) is 0.874. The number of morpholine rings is 1. The van der Waals surface area contributed by atoms with Gasteiger partial charge in [0.1, 0.15) is 5.82 Å². The first-order valence-corrected chi connectivity index (χ1v) is 5.87. The third-order valence-electron chi connectivity index (χ3n) is 2.81. The number of rotatable bonds is 2. The van der Waals surface area contributed by atoms with Crippen molar-refractivity contribution in [2.75, 3.05) is 37.0 Å². The van der Waals surface area contributed by atoms with Crippen LogP contribution in [0.15, 0.2) is 6.07 Å². The van der Waals surface area contributed by atoms with Crippen LogP contribution in [0.25, 0.3) is 0 Å². The number of hydrogen-bond acceptors (Lipinski definition) is 5. The van der Waals surface area contributed by atoms with E-state index in [4.69, 9.17) is 4.74 Å². The molecule has 1 N–H and O–H groups in total. The molecule has 0 radical (unpaired) electrons. The van der Waals surface area contributed by atoms with Crippen LogP contribution in [0.5, 0.6) is 0 Å². The highest BCUT2D eigenvalue weighted by Gasteiger charge is 2.43. The lowest BCUT2D eigenvalue weighted by molar-refractivity contribution is -0.221. The van der Waals surface area contributed by atoms with Crippen LogP contribution in [0.2, 0.25) is 0 Å². The van der Waals surface area contributed by atoms with E-state index in [1.807, 2.05) is 0 Å². The minimum Gasteiger partial charge on any atom is -0.373 e. The highest BCUT2D eigenvalue weighted by Crippen LogP contribution is 2.27. The molecule has 0 amide bonds. The number of anilines is 2. The maximum Gasteiger partial charge on any atom is 0.416 e. The van der Waals surface area contributed by atoms with Gasteiger partial charge in [-0.25, -0.2) is 4.98 Å². The molecule has 8 heteroatoms. The standard InChI is InChI=1S/C11H15F3N4O/c1-7-5-9(15-2)17-10(16-7)18-3-4-19-8(6-18)11(12,13)14/h5,8H,3-4,6H2,1-2H3,(H,15,16,17)/t8-/m1/s1. The quantitative estimate of drug-likeness (QED) is 0.889. The second kappa shape index (κ2) is 5.20. The van der Waals surface area contributed by atoms with E-state index < -0.39 is 12.3 Å². The molecule has 1 atom stereocenters. The first kappa shape index (κ1) is 13.9. The summed E-state index contributed by atoms with van der Waals surface area (Å²) in [6.45, 7) is 1.85. The predicted molar refractivity (Wildman–Crippen MR) is 64.3 cm³/mol. The van der Waals surface area contributed by atoms with E-state index >= 15 is 0 Å². The van der Waals surface area contributed by atoms with Gasteiger partial charge >= 0.3 is 6.18 Å². The van der Waals surface area contributed by atoms with E-state index in [9.17, 15) is 13.2 Å². The van der Waals surface area contributed by atoms with E-state index in [1.54, 1.807) is 20.0 Å². The molecule has 1 aromatic heterocycles. The summed E-state index contributed by atoms with van der Waals surface area (Å²) in [5.41, 5.74) is 0.699. The fourth-order valence-corrected chi connectivity index (χ4v) is 1.85. The first-order valence-electron chi connectivity index (χ1n) is 5.87. The number of hydrogen-bond donors (Lipinski definition) is 1. The van der Waals surface area contributed by atoms with Crippen LogP contribution in [0.1, 0.15) is 5.69 Å². The number of alkyl halides is 3. The Bertz CT molecular complexity index is 452. The van der Waals surface area contributed by atoms with Crippen LogP contribution >= 0.6 is 0 Å². The predicted octanol–water partition coefficient (Wildman–Crippen LogP) is 1.59. The Balaban J connectivity index is 2.19. The van der Waals surface area contributed by atoms with Crippen molar-refractivity contribution in [3.8, 4) is 0 Å². The Morgan fingerprint density at radius 2 is 2.16 bits per heavy atom. The number of aromatic nitrogens is 2. The van der Waals surface area contributed by atoms with Gasteiger partial charge in [0.15, 0.2) is 6.10 Å². The SMILES string of the molecule is CNc1cc(C)nc(N2CCO[C@@H](C(F)(F)F)C2)n1. The summed E-state index contributed by atoms with van der Waals surface area (Å²) in [6, 6.07) is 1.73. The molecular weight excluding hydrogens is 261 g/mol. The average Bonchev–Trinajstić information content (AvgIpc) is 2.37. The number of ether oxygens (including phenoxy) is 1. The Hall–Kier alpha value is -1.57. The fraction of sp³-hybridized carbons (Fsp3) is 0.636. The molecule has 1 saturated heterocycles. The van der Waals surface area contributed by atoms with Gasteiger partial charge in [0, 0.05) is 25.4 Å². The number of aryl methyl sites for hydroxylation is 1. The maximum atomic E-state index is 12.7. The van der Waals surface area contributed by atoms with Gasteiger partial charge in [0.2, 0.25) is 5.95 Å². The Kier molecular flexibility index (Phi) is 3.79. The molecule has 1 aliphatic heterocycles. The summed E-state index contributed by atoms with van der Waals surface area (Å²) >= 11 is 0. The van der Waals surface area contributed by atoms with Gasteiger partial charge < -0.3 is 15.0 Å². The lowest BCUT2D eigenvalue weighted by Gasteiger charge is -2.33. The second-order valence-corrected chi connectivity index (χ2v) is 4.29. The van der Waals surface area contributed by atoms with Gasteiger partial charge in [-0.1, -0.05) is 0 Å². The van der Waals surface area contributed by atoms with Crippen molar-refractivity contribution in [1.29, 1.82) is 0 Å². The molecule has 2 rings (SSSR count). The van der Waals surface area contributed by atoms with Crippen molar-refractivity contribution in [3.63, 3.8) is 0 Å². The number of nitrogens with one attached hydrogen (secondary N) is 1. The number of nitrogens with zero attached hydrogens (tertiary/aromatic N) is 3. The molecule has 0 aliphatic carbocycles. The van der Waals surface area contributed by atoms with E-state index in [0.717, 1.165) is 0 Å². The minimum absolute atomic E-state index is 0.0103. The van der Waals surface area contributed by atoms with Gasteiger partial charge in [0.25, 0.3) is 0 Å². The highest BCUT2D eigenvalue weighted by atomic mass is 19.4. The summed E-state index contributed by atoms with van der Waals surface area (Å²) in [7, 11) is 1.70. The average molecular weight is 276 g/mol. The maximum absolute atomic E-state index is 12.7. The minimum atomic E-state index is -4.37. The molecular formula is C11H15F3N4O. The third-order valence-corrected chi connectivity index (χ3v) is 2.81. The van der Waals surface area contributed by atoms with Gasteiger partial charge in [-0.15, -0.1) is 0 Å². The molecule has 1 aromatic rings. The summed E-state index contributed by atoms with van der Waals surface area (Å²) in [4.78, 5) is 9.84. The third kappa shape index (κ3) is 3.25. The second-order valence-electron chi connectivity index (χ2n) is 4.29. The van der Waals surface area contributed by atoms with Crippen LogP contribution in [-0.2, 0) is 4.74 Å². The van der Waals surface area contributed by atoms with Crippen LogP contribution in [0.3, 0.4) is 0 Å². The lowest BCUT2D eigenvalue weighted by Crippen LogP contribution is -2.49. The van der Waals surface area contributed by atoms with E-state index in [2.05, 4.69) is 15.3 Å². The Morgan fingerprint density at radius 1 is 1.42 bits per heavy atom. The molecule has 0 saturated carbocycles. The first-order chi connectivity index (χ1) is 8.90. The van der Waals surface area contributed by atoms with Gasteiger partial charge in [-0.2, -0.15) is 18.2 Å². The van der Waals surface area contributed by atoms with Crippen molar-refractivity contribution in [2.24, 2.45) is 0 Å². The van der Waals surface area contributed by atoms with Gasteiger partial charge in [-0.05, 0) is 6.92 Å². The summed E-state index contributed by atoms with van der Waals surface area (Å²) in [6.07, 6.45) is -6.16. The molecule has 2 heterocycles. The van der Waals surface area contributed by atoms with Crippen molar-refractivity contribution in [1.82, 2.24) is 9.97 Å². The van der Waals surface area contributed by atoms with Crippen LogP contribution < -0.4 is 10.2 Å². The smallest absolute Gasteiger partial charge is 0.373 e. The van der Waals surface area contributed by atoms with Crippen molar-refractivity contribution >= 4 is 11.8 Å². The van der Waals surface area contributed by atoms with Crippen molar-refractivity contribution in [3.05, 3.63) is 11.8 Å². The van der Waals surface area contributed by atoms with E-state index in [1.165, 1.54) is 4.90 Å². The molecule has 0 bridgehead atoms. The summed E-state index contributed by atoms with van der Waals surface area (Å²) in [5, 5.41) is 2.86. The van der Waals surface area contributed by atoms with Gasteiger partial charge in [-0.3, -0.25) is 0 Å². The fourth-order valence-electron chi connectivity index (χ4n) is 1.85. The molecule has 1 fully saturated rings. The monoisotopic (exact) mass is 276 g/mol. The van der Waals surface area contributed by atoms with Crippen LogP contribution in [0, 0.1) is 6.92 Å². The Morgan fingerprint density at radius 3 is 2.79 bits per heavy atom. The summed E-state index contributed by atoms with van der Waals surface area (Å²) < 4.78 is 42.7. The zero-order valence-corrected chi connectivity index (χ0v) is 10.7. The van der Waals surface area contributed by atoms with E-state index in [0.29, 0.717) is 24.0 Å². The zero-order valence-electron chi connectivity index (χ0n) is 10.7. The highest BCUT2D eigenvalue weighted by molar-refractivity contribution is 5.43. The van der Waals surface area contributed by atoms with Crippen LogP contribution in [-0.4, -0.2) is 49.0 Å². The molecule has 5 nitrogen and oxygen atoms in total. The molecule has 0 spiro atoms. The molecule has 106 valence electrons. The van der Waals surface area contributed by atoms with E-state index in [-0.39, 0.29) is 13.2 Å².